The molecule has 2 N–H and O–H groups in total. The second-order valence-corrected chi connectivity index (χ2v) is 9.22. The SMILES string of the molecule is Cc1cc(NC(=O)COC(=O)CCNS(=O)(=O)c2ccc(C(C)(C)C)cc2)no1. The van der Waals surface area contributed by atoms with E-state index in [1.54, 1.807) is 19.1 Å². The van der Waals surface area contributed by atoms with Crippen molar-refractivity contribution in [3.63, 3.8) is 0 Å². The van der Waals surface area contributed by atoms with Crippen LogP contribution in [0.2, 0.25) is 0 Å². The van der Waals surface area contributed by atoms with Gasteiger partial charge in [-0.25, -0.2) is 13.1 Å². The van der Waals surface area contributed by atoms with Crippen molar-refractivity contribution >= 4 is 27.7 Å². The third-order valence-electron chi connectivity index (χ3n) is 3.91. The van der Waals surface area contributed by atoms with E-state index in [4.69, 9.17) is 9.26 Å². The lowest BCUT2D eigenvalue weighted by Crippen LogP contribution is -2.28. The molecular weight excluding hydrogens is 398 g/mol. The molecule has 0 saturated heterocycles. The number of nitrogens with one attached hydrogen (secondary N) is 2. The van der Waals surface area contributed by atoms with Crippen molar-refractivity contribution in [1.82, 2.24) is 9.88 Å². The number of amides is 1. The maximum absolute atomic E-state index is 12.3. The average molecular weight is 423 g/mol. The van der Waals surface area contributed by atoms with Gasteiger partial charge in [-0.3, -0.25) is 9.59 Å². The van der Waals surface area contributed by atoms with Crippen LogP contribution in [0, 0.1) is 6.92 Å². The van der Waals surface area contributed by atoms with Crippen molar-refractivity contribution in [3.05, 3.63) is 41.7 Å². The molecule has 0 atom stereocenters. The Morgan fingerprint density at radius 2 is 1.83 bits per heavy atom. The van der Waals surface area contributed by atoms with Crippen molar-refractivity contribution in [2.75, 3.05) is 18.5 Å². The van der Waals surface area contributed by atoms with E-state index in [1.165, 1.54) is 18.2 Å². The van der Waals surface area contributed by atoms with E-state index in [1.807, 2.05) is 20.8 Å². The van der Waals surface area contributed by atoms with Crippen LogP contribution in [0.3, 0.4) is 0 Å². The highest BCUT2D eigenvalue weighted by atomic mass is 32.2. The van der Waals surface area contributed by atoms with E-state index in [2.05, 4.69) is 15.2 Å². The Morgan fingerprint density at radius 1 is 1.17 bits per heavy atom. The first kappa shape index (κ1) is 22.6. The molecule has 0 aliphatic carbocycles. The first-order valence-electron chi connectivity index (χ1n) is 8.96. The molecule has 1 aromatic heterocycles. The quantitative estimate of drug-likeness (QED) is 0.623. The molecule has 0 unspecified atom stereocenters. The number of benzene rings is 1. The Bertz CT molecular complexity index is 959. The van der Waals surface area contributed by atoms with Gasteiger partial charge in [-0.1, -0.05) is 38.1 Å². The predicted molar refractivity (Wildman–Crippen MR) is 106 cm³/mol. The summed E-state index contributed by atoms with van der Waals surface area (Å²) in [6.45, 7) is 7.12. The standard InChI is InChI=1S/C19H25N3O6S/c1-13-11-16(22-28-13)21-17(23)12-27-18(24)9-10-20-29(25,26)15-7-5-14(6-8-15)19(2,3)4/h5-8,11,20H,9-10,12H2,1-4H3,(H,21,22,23). The van der Waals surface area contributed by atoms with E-state index in [9.17, 15) is 18.0 Å². The maximum atomic E-state index is 12.3. The minimum absolute atomic E-state index is 0.0850. The zero-order chi connectivity index (χ0) is 21.7. The van der Waals surface area contributed by atoms with Crippen LogP contribution in [0.5, 0.6) is 0 Å². The van der Waals surface area contributed by atoms with Crippen LogP contribution in [0.25, 0.3) is 0 Å². The van der Waals surface area contributed by atoms with E-state index in [0.29, 0.717) is 5.76 Å². The first-order chi connectivity index (χ1) is 13.5. The number of esters is 1. The number of rotatable bonds is 8. The van der Waals surface area contributed by atoms with Crippen molar-refractivity contribution in [2.45, 2.75) is 44.4 Å². The zero-order valence-corrected chi connectivity index (χ0v) is 17.6. The van der Waals surface area contributed by atoms with Crippen molar-refractivity contribution < 1.29 is 27.3 Å². The third kappa shape index (κ3) is 6.99. The second kappa shape index (κ2) is 9.19. The summed E-state index contributed by atoms with van der Waals surface area (Å²) >= 11 is 0. The van der Waals surface area contributed by atoms with Crippen LogP contribution in [0.1, 0.15) is 38.5 Å². The van der Waals surface area contributed by atoms with Gasteiger partial charge in [0.15, 0.2) is 12.4 Å². The number of hydrogen-bond donors (Lipinski definition) is 2. The number of ether oxygens (including phenoxy) is 1. The van der Waals surface area contributed by atoms with Gasteiger partial charge in [0.25, 0.3) is 5.91 Å². The molecule has 0 fully saturated rings. The number of carbonyl (C=O) groups excluding carboxylic acids is 2. The number of nitrogens with zero attached hydrogens (tertiary/aromatic N) is 1. The van der Waals surface area contributed by atoms with Crippen LogP contribution in [0.15, 0.2) is 39.8 Å². The van der Waals surface area contributed by atoms with Crippen molar-refractivity contribution in [1.29, 1.82) is 0 Å². The van der Waals surface area contributed by atoms with E-state index < -0.39 is 28.5 Å². The van der Waals surface area contributed by atoms with Gasteiger partial charge < -0.3 is 14.6 Å². The largest absolute Gasteiger partial charge is 0.456 e. The highest BCUT2D eigenvalue weighted by Crippen LogP contribution is 2.23. The van der Waals surface area contributed by atoms with Crippen LogP contribution in [0.4, 0.5) is 5.82 Å². The van der Waals surface area contributed by atoms with Crippen LogP contribution < -0.4 is 10.0 Å². The zero-order valence-electron chi connectivity index (χ0n) is 16.8. The van der Waals surface area contributed by atoms with Gasteiger partial charge in [-0.15, -0.1) is 0 Å². The highest BCUT2D eigenvalue weighted by molar-refractivity contribution is 7.89. The van der Waals surface area contributed by atoms with Crippen molar-refractivity contribution in [3.8, 4) is 0 Å². The summed E-state index contributed by atoms with van der Waals surface area (Å²) in [6.07, 6.45) is -0.213. The summed E-state index contributed by atoms with van der Waals surface area (Å²) in [6, 6.07) is 8.09. The molecule has 9 nitrogen and oxygen atoms in total. The molecule has 0 aliphatic heterocycles. The van der Waals surface area contributed by atoms with Crippen LogP contribution in [-0.2, 0) is 29.8 Å². The minimum Gasteiger partial charge on any atom is -0.456 e. The topological polar surface area (TPSA) is 128 Å². The molecule has 1 aromatic carbocycles. The predicted octanol–water partition coefficient (Wildman–Crippen LogP) is 2.13. The molecule has 29 heavy (non-hydrogen) atoms. The lowest BCUT2D eigenvalue weighted by molar-refractivity contribution is -0.147. The monoisotopic (exact) mass is 423 g/mol. The first-order valence-corrected chi connectivity index (χ1v) is 10.4. The highest BCUT2D eigenvalue weighted by Gasteiger charge is 2.18. The van der Waals surface area contributed by atoms with E-state index >= 15 is 0 Å². The molecule has 158 valence electrons. The Labute approximate surface area is 169 Å². The van der Waals surface area contributed by atoms with Crippen LogP contribution in [-0.4, -0.2) is 38.6 Å². The number of aromatic nitrogens is 1. The van der Waals surface area contributed by atoms with Crippen LogP contribution >= 0.6 is 0 Å². The molecule has 2 aromatic rings. The summed E-state index contributed by atoms with van der Waals surface area (Å²) < 4.78 is 36.6. The summed E-state index contributed by atoms with van der Waals surface area (Å²) in [7, 11) is -3.74. The molecule has 1 heterocycles. The summed E-state index contributed by atoms with van der Waals surface area (Å²) in [5.41, 5.74) is 0.928. The molecular formula is C19H25N3O6S. The van der Waals surface area contributed by atoms with Gasteiger partial charge in [0, 0.05) is 12.6 Å². The lowest BCUT2D eigenvalue weighted by atomic mass is 9.87. The number of anilines is 1. The number of carbonyl (C=O) groups is 2. The Kier molecular flexibility index (Phi) is 7.15. The van der Waals surface area contributed by atoms with Crippen molar-refractivity contribution in [2.24, 2.45) is 0 Å². The van der Waals surface area contributed by atoms with E-state index in [-0.39, 0.29) is 29.1 Å². The summed E-state index contributed by atoms with van der Waals surface area (Å²) in [5.74, 6) is -0.542. The smallest absolute Gasteiger partial charge is 0.307 e. The lowest BCUT2D eigenvalue weighted by Gasteiger charge is -2.19. The maximum Gasteiger partial charge on any atom is 0.307 e. The number of hydrogen-bond acceptors (Lipinski definition) is 7. The molecule has 0 saturated carbocycles. The Hall–Kier alpha value is -2.72. The summed E-state index contributed by atoms with van der Waals surface area (Å²) in [5, 5.41) is 5.99. The van der Waals surface area contributed by atoms with Gasteiger partial charge >= 0.3 is 5.97 Å². The normalized spacial score (nSPS) is 11.9. The number of sulfonamides is 1. The molecule has 10 heteroatoms. The van der Waals surface area contributed by atoms with E-state index in [0.717, 1.165) is 5.56 Å². The van der Waals surface area contributed by atoms with Gasteiger partial charge in [-0.2, -0.15) is 0 Å². The molecule has 0 aliphatic rings. The fourth-order valence-corrected chi connectivity index (χ4v) is 3.36. The molecule has 1 amide bonds. The molecule has 2 rings (SSSR count). The average Bonchev–Trinajstić information content (AvgIpc) is 3.04. The Balaban J connectivity index is 1.76. The van der Waals surface area contributed by atoms with Gasteiger partial charge in [0.2, 0.25) is 10.0 Å². The Morgan fingerprint density at radius 3 is 2.38 bits per heavy atom. The molecule has 0 spiro atoms. The van der Waals surface area contributed by atoms with Gasteiger partial charge in [0.1, 0.15) is 5.76 Å². The third-order valence-corrected chi connectivity index (χ3v) is 5.39. The fourth-order valence-electron chi connectivity index (χ4n) is 2.33. The second-order valence-electron chi connectivity index (χ2n) is 7.45. The molecule has 0 radical (unpaired) electrons. The van der Waals surface area contributed by atoms with Gasteiger partial charge in [0.05, 0.1) is 11.3 Å². The number of aryl methyl sites for hydroxylation is 1. The summed E-state index contributed by atoms with van der Waals surface area (Å²) in [4.78, 5) is 23.5. The van der Waals surface area contributed by atoms with Gasteiger partial charge in [-0.05, 0) is 30.0 Å². The molecule has 0 bridgehead atoms. The fraction of sp³-hybridized carbons (Fsp3) is 0.421. The minimum atomic E-state index is -3.74.